The van der Waals surface area contributed by atoms with Gasteiger partial charge in [-0.25, -0.2) is 8.42 Å². The van der Waals surface area contributed by atoms with Gasteiger partial charge in [-0.1, -0.05) is 12.1 Å². The molecule has 0 spiro atoms. The smallest absolute Gasteiger partial charge is 0.404 e. The van der Waals surface area contributed by atoms with Crippen molar-refractivity contribution in [2.75, 3.05) is 0 Å². The van der Waals surface area contributed by atoms with Gasteiger partial charge in [0.2, 0.25) is 5.91 Å². The fourth-order valence-corrected chi connectivity index (χ4v) is 6.94. The second kappa shape index (κ2) is 7.16. The fraction of sp³-hybridized carbons (Fsp3) is 0.632. The molecule has 0 unspecified atom stereocenters. The first kappa shape index (κ1) is 20.5. The van der Waals surface area contributed by atoms with Crippen LogP contribution in [-0.4, -0.2) is 20.7 Å². The maximum absolute atomic E-state index is 12.5. The summed E-state index contributed by atoms with van der Waals surface area (Å²) in [5, 5.41) is 0. The van der Waals surface area contributed by atoms with Crippen LogP contribution in [0.5, 0.6) is 5.75 Å². The van der Waals surface area contributed by atoms with Gasteiger partial charge in [-0.2, -0.15) is 0 Å². The van der Waals surface area contributed by atoms with Crippen molar-refractivity contribution in [2.24, 2.45) is 23.2 Å². The van der Waals surface area contributed by atoms with Crippen molar-refractivity contribution in [1.82, 2.24) is 10.3 Å². The van der Waals surface area contributed by atoms with Gasteiger partial charge in [-0.3, -0.25) is 10.2 Å². The molecule has 4 bridgehead atoms. The van der Waals surface area contributed by atoms with Crippen LogP contribution < -0.4 is 15.0 Å². The molecule has 0 radical (unpaired) electrons. The van der Waals surface area contributed by atoms with E-state index in [1.807, 2.05) is 4.83 Å². The van der Waals surface area contributed by atoms with Crippen molar-refractivity contribution in [3.8, 4) is 5.75 Å². The molecule has 5 rings (SSSR count). The molecule has 4 saturated carbocycles. The number of hydrogen-bond donors (Lipinski definition) is 2. The van der Waals surface area contributed by atoms with Crippen molar-refractivity contribution in [1.29, 1.82) is 0 Å². The van der Waals surface area contributed by atoms with Crippen LogP contribution in [-0.2, 0) is 14.8 Å². The number of rotatable bonds is 6. The molecule has 0 atom stereocenters. The maximum atomic E-state index is 12.5. The van der Waals surface area contributed by atoms with Crippen molar-refractivity contribution in [2.45, 2.75) is 56.2 Å². The number of hydrogen-bond acceptors (Lipinski definition) is 4. The molecule has 2 N–H and O–H groups in total. The van der Waals surface area contributed by atoms with E-state index in [0.717, 1.165) is 31.4 Å². The highest BCUT2D eigenvalue weighted by Crippen LogP contribution is 2.61. The van der Waals surface area contributed by atoms with Crippen LogP contribution in [0.1, 0.15) is 44.9 Å². The summed E-state index contributed by atoms with van der Waals surface area (Å²) in [6, 6.07) is 4.38. The first-order chi connectivity index (χ1) is 13.5. The Hall–Kier alpha value is -1.81. The van der Waals surface area contributed by atoms with E-state index in [1.165, 1.54) is 31.4 Å². The molecule has 160 valence electrons. The zero-order chi connectivity index (χ0) is 20.9. The summed E-state index contributed by atoms with van der Waals surface area (Å²) >= 11 is 0. The molecular formula is C19H23F3N2O4S. The average molecular weight is 432 g/mol. The number of amides is 1. The third-order valence-corrected chi connectivity index (χ3v) is 7.68. The van der Waals surface area contributed by atoms with Crippen LogP contribution in [0.25, 0.3) is 0 Å². The van der Waals surface area contributed by atoms with Gasteiger partial charge < -0.3 is 4.74 Å². The standard InChI is InChI=1S/C19H23F3N2O4S/c20-19(21,22)28-15-3-1-2-4-16(15)29(26,27)24-23-17(25)11-18-8-12-5-13(9-18)7-14(6-12)10-18/h1-4,12-14,24H,5-11H2,(H,23,25). The first-order valence-corrected chi connectivity index (χ1v) is 11.2. The summed E-state index contributed by atoms with van der Waals surface area (Å²) in [5.74, 6) is 0.624. The second-order valence-corrected chi connectivity index (χ2v) is 10.4. The molecule has 0 aliphatic heterocycles. The number of ether oxygens (including phenoxy) is 1. The number of benzene rings is 1. The van der Waals surface area contributed by atoms with Gasteiger partial charge in [0.25, 0.3) is 10.0 Å². The number of alkyl halides is 3. The van der Waals surface area contributed by atoms with Gasteiger partial charge in [0, 0.05) is 6.42 Å². The summed E-state index contributed by atoms with van der Waals surface area (Å²) in [6.07, 6.45) is 1.83. The minimum absolute atomic E-state index is 0.0818. The van der Waals surface area contributed by atoms with Gasteiger partial charge in [0.15, 0.2) is 0 Å². The molecule has 0 saturated heterocycles. The Kier molecular flexibility index (Phi) is 5.05. The predicted molar refractivity (Wildman–Crippen MR) is 96.8 cm³/mol. The van der Waals surface area contributed by atoms with E-state index in [9.17, 15) is 26.4 Å². The van der Waals surface area contributed by atoms with E-state index in [0.29, 0.717) is 17.8 Å². The van der Waals surface area contributed by atoms with E-state index in [2.05, 4.69) is 10.2 Å². The SMILES string of the molecule is O=C(CC12CC3CC(CC(C3)C1)C2)NNS(=O)(=O)c1ccccc1OC(F)(F)F. The highest BCUT2D eigenvalue weighted by atomic mass is 32.2. The Morgan fingerprint density at radius 1 is 1.07 bits per heavy atom. The van der Waals surface area contributed by atoms with Crippen molar-refractivity contribution in [3.63, 3.8) is 0 Å². The fourth-order valence-electron chi connectivity index (χ4n) is 5.95. The molecule has 4 fully saturated rings. The van der Waals surface area contributed by atoms with Gasteiger partial charge in [0.1, 0.15) is 10.6 Å². The Balaban J connectivity index is 1.41. The summed E-state index contributed by atoms with van der Waals surface area (Å²) in [7, 11) is -4.43. The van der Waals surface area contributed by atoms with Crippen LogP contribution in [0, 0.1) is 23.2 Å². The zero-order valence-electron chi connectivity index (χ0n) is 15.7. The Morgan fingerprint density at radius 2 is 1.62 bits per heavy atom. The lowest BCUT2D eigenvalue weighted by molar-refractivity contribution is -0.275. The number of para-hydroxylation sites is 1. The molecule has 1 aromatic rings. The van der Waals surface area contributed by atoms with Crippen LogP contribution in [0.4, 0.5) is 13.2 Å². The summed E-state index contributed by atoms with van der Waals surface area (Å²) in [6.45, 7) is 0. The minimum Gasteiger partial charge on any atom is -0.404 e. The summed E-state index contributed by atoms with van der Waals surface area (Å²) < 4.78 is 66.2. The normalized spacial score (nSPS) is 30.9. The summed E-state index contributed by atoms with van der Waals surface area (Å²) in [5.41, 5.74) is 2.09. The molecule has 4 aliphatic rings. The number of halogens is 3. The second-order valence-electron chi connectivity index (χ2n) is 8.74. The Morgan fingerprint density at radius 3 is 2.17 bits per heavy atom. The number of sulfonamides is 1. The minimum atomic E-state index is -5.03. The van der Waals surface area contributed by atoms with Crippen molar-refractivity contribution < 1.29 is 31.1 Å². The molecule has 1 amide bonds. The van der Waals surface area contributed by atoms with E-state index in [-0.39, 0.29) is 11.8 Å². The number of carbonyl (C=O) groups excluding carboxylic acids is 1. The number of hydrazine groups is 1. The maximum Gasteiger partial charge on any atom is 0.573 e. The van der Waals surface area contributed by atoms with E-state index in [4.69, 9.17) is 0 Å². The lowest BCUT2D eigenvalue weighted by Gasteiger charge is -2.56. The highest BCUT2D eigenvalue weighted by molar-refractivity contribution is 7.89. The molecule has 29 heavy (non-hydrogen) atoms. The summed E-state index contributed by atoms with van der Waals surface area (Å²) in [4.78, 5) is 13.7. The average Bonchev–Trinajstić information content (AvgIpc) is 2.57. The third-order valence-electron chi connectivity index (χ3n) is 6.39. The molecule has 0 aromatic heterocycles. The molecular weight excluding hydrogens is 409 g/mol. The number of carbonyl (C=O) groups is 1. The number of nitrogens with one attached hydrogen (secondary N) is 2. The zero-order valence-corrected chi connectivity index (χ0v) is 16.5. The van der Waals surface area contributed by atoms with E-state index in [1.54, 1.807) is 0 Å². The van der Waals surface area contributed by atoms with Crippen molar-refractivity contribution >= 4 is 15.9 Å². The third kappa shape index (κ3) is 4.53. The van der Waals surface area contributed by atoms with Gasteiger partial charge >= 0.3 is 6.36 Å². The van der Waals surface area contributed by atoms with Crippen LogP contribution in [0.3, 0.4) is 0 Å². The van der Waals surface area contributed by atoms with Crippen LogP contribution >= 0.6 is 0 Å². The first-order valence-electron chi connectivity index (χ1n) is 9.69. The van der Waals surface area contributed by atoms with E-state index < -0.39 is 32.9 Å². The van der Waals surface area contributed by atoms with E-state index >= 15 is 0 Å². The van der Waals surface area contributed by atoms with Gasteiger partial charge in [-0.15, -0.1) is 18.0 Å². The van der Waals surface area contributed by atoms with Crippen LogP contribution in [0.15, 0.2) is 29.2 Å². The van der Waals surface area contributed by atoms with Crippen molar-refractivity contribution in [3.05, 3.63) is 24.3 Å². The topological polar surface area (TPSA) is 84.5 Å². The molecule has 10 heteroatoms. The quantitative estimate of drug-likeness (QED) is 0.674. The molecule has 4 aliphatic carbocycles. The Bertz CT molecular complexity index is 866. The lowest BCUT2D eigenvalue weighted by atomic mass is 9.49. The highest BCUT2D eigenvalue weighted by Gasteiger charge is 2.51. The van der Waals surface area contributed by atoms with Crippen LogP contribution in [0.2, 0.25) is 0 Å². The van der Waals surface area contributed by atoms with Gasteiger partial charge in [-0.05, 0) is 73.8 Å². The largest absolute Gasteiger partial charge is 0.573 e. The molecule has 6 nitrogen and oxygen atoms in total. The van der Waals surface area contributed by atoms with Gasteiger partial charge in [0.05, 0.1) is 0 Å². The monoisotopic (exact) mass is 432 g/mol. The lowest BCUT2D eigenvalue weighted by Crippen LogP contribution is -2.50. The predicted octanol–water partition coefficient (Wildman–Crippen LogP) is 3.50. The Labute approximate surface area is 167 Å². The molecule has 0 heterocycles. The molecule has 1 aromatic carbocycles.